The molecule has 5 heteroatoms. The standard InChI is InChI=1S/C21H34O4S/c1-3-5-6-7-8-9-10-11-12-13-14-15-16-17-18-19(20(22)23-4-2)25-21(26)24-18/h18-19H,3-12,15-17H2,1-2H3/t18-,19+/m1/s1. The molecule has 0 radical (unpaired) electrons. The van der Waals surface area contributed by atoms with Gasteiger partial charge in [-0.2, -0.15) is 0 Å². The summed E-state index contributed by atoms with van der Waals surface area (Å²) in [5, 5.41) is 0.0360. The molecule has 1 saturated heterocycles. The normalized spacial score (nSPS) is 18.6. The number of hydrogen-bond acceptors (Lipinski definition) is 5. The van der Waals surface area contributed by atoms with E-state index < -0.39 is 12.1 Å². The van der Waals surface area contributed by atoms with E-state index in [0.717, 1.165) is 19.3 Å². The third kappa shape index (κ3) is 10.0. The van der Waals surface area contributed by atoms with Crippen LogP contribution in [0.15, 0.2) is 0 Å². The molecule has 0 aromatic carbocycles. The van der Waals surface area contributed by atoms with E-state index in [1.165, 1.54) is 51.4 Å². The van der Waals surface area contributed by atoms with Gasteiger partial charge in [0.05, 0.1) is 6.61 Å². The van der Waals surface area contributed by atoms with Gasteiger partial charge < -0.3 is 14.2 Å². The van der Waals surface area contributed by atoms with Gasteiger partial charge in [-0.3, -0.25) is 0 Å². The molecule has 1 heterocycles. The Bertz CT molecular complexity index is 466. The highest BCUT2D eigenvalue weighted by molar-refractivity contribution is 7.79. The number of hydrogen-bond donors (Lipinski definition) is 0. The van der Waals surface area contributed by atoms with Crippen LogP contribution in [0, 0.1) is 11.8 Å². The van der Waals surface area contributed by atoms with Crippen LogP contribution >= 0.6 is 12.2 Å². The SMILES string of the molecule is CCCCCCCCCCC#CCCC[C@H]1OC(=S)O[C@@H]1C(=O)OCC. The van der Waals surface area contributed by atoms with Crippen molar-refractivity contribution in [2.75, 3.05) is 6.61 Å². The van der Waals surface area contributed by atoms with Crippen molar-refractivity contribution >= 4 is 23.4 Å². The first-order valence-electron chi connectivity index (χ1n) is 10.2. The Morgan fingerprint density at radius 3 is 2.23 bits per heavy atom. The Labute approximate surface area is 164 Å². The van der Waals surface area contributed by atoms with Crippen molar-refractivity contribution in [3.05, 3.63) is 0 Å². The van der Waals surface area contributed by atoms with Gasteiger partial charge in [0.25, 0.3) is 0 Å². The molecule has 0 spiro atoms. The zero-order chi connectivity index (χ0) is 19.0. The fourth-order valence-electron chi connectivity index (χ4n) is 2.94. The summed E-state index contributed by atoms with van der Waals surface area (Å²) in [6.45, 7) is 4.34. The van der Waals surface area contributed by atoms with Crippen LogP contribution in [0.4, 0.5) is 0 Å². The Kier molecular flexibility index (Phi) is 13.0. The van der Waals surface area contributed by atoms with Crippen molar-refractivity contribution in [1.29, 1.82) is 0 Å². The molecule has 0 N–H and O–H groups in total. The Morgan fingerprint density at radius 2 is 1.58 bits per heavy atom. The molecule has 0 aromatic rings. The molecule has 0 aromatic heterocycles. The average molecular weight is 383 g/mol. The van der Waals surface area contributed by atoms with Crippen LogP contribution in [0.2, 0.25) is 0 Å². The molecule has 0 amide bonds. The number of unbranched alkanes of at least 4 members (excludes halogenated alkanes) is 9. The monoisotopic (exact) mass is 382 g/mol. The molecular weight excluding hydrogens is 348 g/mol. The van der Waals surface area contributed by atoms with Crippen LogP contribution in [-0.2, 0) is 19.0 Å². The predicted octanol–water partition coefficient (Wildman–Crippen LogP) is 5.32. The van der Waals surface area contributed by atoms with Gasteiger partial charge in [-0.15, -0.1) is 11.8 Å². The Balaban J connectivity index is 2.05. The van der Waals surface area contributed by atoms with Crippen LogP contribution < -0.4 is 0 Å². The lowest BCUT2D eigenvalue weighted by molar-refractivity contribution is -0.152. The van der Waals surface area contributed by atoms with Crippen LogP contribution in [0.25, 0.3) is 0 Å². The predicted molar refractivity (Wildman–Crippen MR) is 108 cm³/mol. The van der Waals surface area contributed by atoms with Crippen molar-refractivity contribution in [3.63, 3.8) is 0 Å². The van der Waals surface area contributed by atoms with Crippen molar-refractivity contribution in [1.82, 2.24) is 0 Å². The van der Waals surface area contributed by atoms with E-state index in [1.54, 1.807) is 6.92 Å². The molecule has 0 saturated carbocycles. The maximum absolute atomic E-state index is 11.8. The smallest absolute Gasteiger partial charge is 0.353 e. The molecule has 1 aliphatic heterocycles. The fraction of sp³-hybridized carbons (Fsp3) is 0.810. The molecule has 1 aliphatic rings. The van der Waals surface area contributed by atoms with E-state index in [1.807, 2.05) is 0 Å². The second kappa shape index (κ2) is 14.8. The summed E-state index contributed by atoms with van der Waals surface area (Å²) >= 11 is 4.90. The largest absolute Gasteiger partial charge is 0.463 e. The van der Waals surface area contributed by atoms with Crippen molar-refractivity contribution in [2.45, 2.75) is 103 Å². The molecule has 0 aliphatic carbocycles. The lowest BCUT2D eigenvalue weighted by Gasteiger charge is -2.13. The molecular formula is C21H34O4S. The highest BCUT2D eigenvalue weighted by Gasteiger charge is 2.40. The first-order valence-corrected chi connectivity index (χ1v) is 10.6. The molecule has 148 valence electrons. The average Bonchev–Trinajstić information content (AvgIpc) is 3.00. The van der Waals surface area contributed by atoms with Crippen LogP contribution in [0.1, 0.15) is 90.9 Å². The van der Waals surface area contributed by atoms with Gasteiger partial charge in [-0.25, -0.2) is 4.79 Å². The first kappa shape index (κ1) is 22.8. The molecule has 4 nitrogen and oxygen atoms in total. The quantitative estimate of drug-likeness (QED) is 0.187. The van der Waals surface area contributed by atoms with Crippen molar-refractivity contribution in [3.8, 4) is 11.8 Å². The van der Waals surface area contributed by atoms with Crippen molar-refractivity contribution in [2.24, 2.45) is 0 Å². The van der Waals surface area contributed by atoms with Crippen LogP contribution in [0.3, 0.4) is 0 Å². The van der Waals surface area contributed by atoms with E-state index in [0.29, 0.717) is 13.0 Å². The molecule has 0 unspecified atom stereocenters. The summed E-state index contributed by atoms with van der Waals surface area (Å²) in [6, 6.07) is 0. The summed E-state index contributed by atoms with van der Waals surface area (Å²) in [7, 11) is 0. The number of carbonyl (C=O) groups excluding carboxylic acids is 1. The lowest BCUT2D eigenvalue weighted by Crippen LogP contribution is -2.33. The molecule has 2 atom stereocenters. The summed E-state index contributed by atoms with van der Waals surface area (Å²) in [5.41, 5.74) is 0. The van der Waals surface area contributed by atoms with E-state index in [9.17, 15) is 4.79 Å². The van der Waals surface area contributed by atoms with Gasteiger partial charge in [0.1, 0.15) is 0 Å². The summed E-state index contributed by atoms with van der Waals surface area (Å²) in [6.07, 6.45) is 12.9. The zero-order valence-corrected chi connectivity index (χ0v) is 17.2. The molecule has 1 fully saturated rings. The van der Waals surface area contributed by atoms with Gasteiger partial charge in [0.2, 0.25) is 6.10 Å². The summed E-state index contributed by atoms with van der Waals surface area (Å²) in [4.78, 5) is 11.8. The van der Waals surface area contributed by atoms with E-state index in [-0.39, 0.29) is 11.3 Å². The number of thiocarbonyl (C=S) groups is 1. The highest BCUT2D eigenvalue weighted by atomic mass is 32.1. The van der Waals surface area contributed by atoms with Gasteiger partial charge >= 0.3 is 11.2 Å². The van der Waals surface area contributed by atoms with Gasteiger partial charge in [0, 0.05) is 25.1 Å². The van der Waals surface area contributed by atoms with Gasteiger partial charge in [-0.05, 0) is 26.2 Å². The van der Waals surface area contributed by atoms with Crippen molar-refractivity contribution < 1.29 is 19.0 Å². The van der Waals surface area contributed by atoms with E-state index in [2.05, 4.69) is 18.8 Å². The number of ether oxygens (including phenoxy) is 3. The lowest BCUT2D eigenvalue weighted by atomic mass is 10.1. The summed E-state index contributed by atoms with van der Waals surface area (Å²) in [5.74, 6) is 6.05. The minimum atomic E-state index is -0.729. The Hall–Kier alpha value is -1.28. The minimum Gasteiger partial charge on any atom is -0.463 e. The second-order valence-corrected chi connectivity index (χ2v) is 7.00. The molecule has 1 rings (SSSR count). The highest BCUT2D eigenvalue weighted by Crippen LogP contribution is 2.21. The Morgan fingerprint density at radius 1 is 0.962 bits per heavy atom. The summed E-state index contributed by atoms with van der Waals surface area (Å²) < 4.78 is 15.7. The van der Waals surface area contributed by atoms with Gasteiger partial charge in [-0.1, -0.05) is 51.9 Å². The van der Waals surface area contributed by atoms with Gasteiger partial charge in [0.15, 0.2) is 6.10 Å². The van der Waals surface area contributed by atoms with E-state index in [4.69, 9.17) is 26.4 Å². The number of rotatable bonds is 13. The number of carbonyl (C=O) groups is 1. The zero-order valence-electron chi connectivity index (χ0n) is 16.4. The topological polar surface area (TPSA) is 44.8 Å². The third-order valence-electron chi connectivity index (χ3n) is 4.40. The minimum absolute atomic E-state index is 0.0360. The first-order chi connectivity index (χ1) is 12.7. The molecule has 0 bridgehead atoms. The van der Waals surface area contributed by atoms with Crippen LogP contribution in [0.5, 0.6) is 0 Å². The van der Waals surface area contributed by atoms with Crippen LogP contribution in [-0.4, -0.2) is 30.0 Å². The second-order valence-electron chi connectivity index (χ2n) is 6.67. The fourth-order valence-corrected chi connectivity index (χ4v) is 3.17. The molecule has 26 heavy (non-hydrogen) atoms. The maximum atomic E-state index is 11.8. The third-order valence-corrected chi connectivity index (χ3v) is 4.59. The maximum Gasteiger partial charge on any atom is 0.353 e. The van der Waals surface area contributed by atoms with E-state index >= 15 is 0 Å². The number of esters is 1.